The molecule has 0 N–H and O–H groups in total. The van der Waals surface area contributed by atoms with Gasteiger partial charge in [-0.2, -0.15) is 0 Å². The molecule has 0 saturated carbocycles. The Bertz CT molecular complexity index is 291. The molecule has 3 nitrogen and oxygen atoms in total. The molecule has 0 aliphatic rings. The molecule has 0 aromatic heterocycles. The van der Waals surface area contributed by atoms with E-state index in [-0.39, 0.29) is 6.10 Å². The first-order valence-electron chi connectivity index (χ1n) is 10.8. The van der Waals surface area contributed by atoms with Crippen LogP contribution in [0.15, 0.2) is 0 Å². The highest BCUT2D eigenvalue weighted by molar-refractivity contribution is 5.60. The van der Waals surface area contributed by atoms with Gasteiger partial charge < -0.3 is 9.47 Å². The van der Waals surface area contributed by atoms with Crippen molar-refractivity contribution in [1.29, 1.82) is 0 Å². The Morgan fingerprint density at radius 3 is 1.52 bits per heavy atom. The van der Waals surface area contributed by atoms with Crippen LogP contribution in [0.3, 0.4) is 0 Å². The molecule has 0 fully saturated rings. The average molecular weight is 357 g/mol. The largest absolute Gasteiger partial charge is 0.509 e. The molecule has 0 aromatic carbocycles. The number of carbonyl (C=O) groups is 1. The molecule has 0 aromatic rings. The fraction of sp³-hybridized carbons (Fsp3) is 0.955. The van der Waals surface area contributed by atoms with Crippen LogP contribution in [0, 0.1) is 0 Å². The summed E-state index contributed by atoms with van der Waals surface area (Å²) >= 11 is 0. The van der Waals surface area contributed by atoms with Crippen molar-refractivity contribution in [3.63, 3.8) is 0 Å². The second-order valence-electron chi connectivity index (χ2n) is 8.32. The second kappa shape index (κ2) is 15.5. The first kappa shape index (κ1) is 24.3. The lowest BCUT2D eigenvalue weighted by molar-refractivity contribution is -0.0307. The van der Waals surface area contributed by atoms with Gasteiger partial charge in [-0.3, -0.25) is 0 Å². The molecule has 0 aliphatic heterocycles. The molecule has 150 valence electrons. The van der Waals surface area contributed by atoms with Gasteiger partial charge in [0.15, 0.2) is 0 Å². The van der Waals surface area contributed by atoms with Gasteiger partial charge in [-0.15, -0.1) is 0 Å². The number of carbonyl (C=O) groups excluding carboxylic acids is 1. The van der Waals surface area contributed by atoms with Gasteiger partial charge in [-0.25, -0.2) is 4.79 Å². The van der Waals surface area contributed by atoms with E-state index in [1.54, 1.807) is 0 Å². The predicted molar refractivity (Wildman–Crippen MR) is 107 cm³/mol. The molecule has 0 rings (SSSR count). The lowest BCUT2D eigenvalue weighted by atomic mass is 10.0. The summed E-state index contributed by atoms with van der Waals surface area (Å²) in [5.74, 6) is 0. The minimum Gasteiger partial charge on any atom is -0.431 e. The Balaban J connectivity index is 4.10. The van der Waals surface area contributed by atoms with E-state index in [2.05, 4.69) is 13.8 Å². The van der Waals surface area contributed by atoms with E-state index >= 15 is 0 Å². The number of hydrogen-bond donors (Lipinski definition) is 0. The van der Waals surface area contributed by atoms with Crippen molar-refractivity contribution in [2.45, 2.75) is 136 Å². The minimum absolute atomic E-state index is 0.0206. The van der Waals surface area contributed by atoms with E-state index in [1.807, 2.05) is 20.8 Å². The van der Waals surface area contributed by atoms with E-state index in [0.717, 1.165) is 25.7 Å². The van der Waals surface area contributed by atoms with Gasteiger partial charge in [-0.05, 0) is 46.5 Å². The van der Waals surface area contributed by atoms with Gasteiger partial charge in [0.1, 0.15) is 11.7 Å². The molecular weight excluding hydrogens is 312 g/mol. The van der Waals surface area contributed by atoms with Gasteiger partial charge in [0.05, 0.1) is 0 Å². The first-order valence-corrected chi connectivity index (χ1v) is 10.8. The summed E-state index contributed by atoms with van der Waals surface area (Å²) in [5, 5.41) is 0. The van der Waals surface area contributed by atoms with Gasteiger partial charge >= 0.3 is 6.16 Å². The average Bonchev–Trinajstić information content (AvgIpc) is 2.51. The van der Waals surface area contributed by atoms with Gasteiger partial charge in [0.2, 0.25) is 0 Å². The maximum Gasteiger partial charge on any atom is 0.509 e. The van der Waals surface area contributed by atoms with Crippen LogP contribution in [-0.2, 0) is 9.47 Å². The zero-order chi connectivity index (χ0) is 19.0. The van der Waals surface area contributed by atoms with Crippen molar-refractivity contribution in [2.24, 2.45) is 0 Å². The van der Waals surface area contributed by atoms with E-state index in [1.165, 1.54) is 64.2 Å². The molecule has 3 heteroatoms. The van der Waals surface area contributed by atoms with Gasteiger partial charge in [-0.1, -0.05) is 78.1 Å². The smallest absolute Gasteiger partial charge is 0.431 e. The lowest BCUT2D eigenvalue weighted by Gasteiger charge is -2.23. The van der Waals surface area contributed by atoms with Crippen LogP contribution < -0.4 is 0 Å². The Morgan fingerprint density at radius 1 is 0.720 bits per heavy atom. The number of unbranched alkanes of at least 4 members (excludes halogenated alkanes) is 10. The van der Waals surface area contributed by atoms with Crippen molar-refractivity contribution in [3.8, 4) is 0 Å². The highest BCUT2D eigenvalue weighted by atomic mass is 16.7. The molecule has 0 radical (unpaired) electrons. The highest BCUT2D eigenvalue weighted by Gasteiger charge is 2.21. The fourth-order valence-corrected chi connectivity index (χ4v) is 2.98. The van der Waals surface area contributed by atoms with Crippen molar-refractivity contribution in [3.05, 3.63) is 0 Å². The van der Waals surface area contributed by atoms with Crippen LogP contribution in [0.1, 0.15) is 125 Å². The summed E-state index contributed by atoms with van der Waals surface area (Å²) in [7, 11) is 0. The third-order valence-electron chi connectivity index (χ3n) is 4.41. The monoisotopic (exact) mass is 356 g/mol. The molecular formula is C22H44O3. The van der Waals surface area contributed by atoms with Crippen LogP contribution in [0.4, 0.5) is 4.79 Å². The molecule has 0 saturated heterocycles. The summed E-state index contributed by atoms with van der Waals surface area (Å²) in [6, 6.07) is 0. The number of ether oxygens (including phenoxy) is 2. The maximum absolute atomic E-state index is 12.0. The molecule has 0 amide bonds. The highest BCUT2D eigenvalue weighted by Crippen LogP contribution is 2.18. The van der Waals surface area contributed by atoms with E-state index in [9.17, 15) is 4.79 Å². The number of rotatable bonds is 15. The quantitative estimate of drug-likeness (QED) is 0.222. The zero-order valence-electron chi connectivity index (χ0n) is 17.7. The van der Waals surface area contributed by atoms with Crippen molar-refractivity contribution in [1.82, 2.24) is 0 Å². The third kappa shape index (κ3) is 17.9. The molecule has 0 spiro atoms. The van der Waals surface area contributed by atoms with Crippen molar-refractivity contribution < 1.29 is 14.3 Å². The molecule has 0 bridgehead atoms. The van der Waals surface area contributed by atoms with Gasteiger partial charge in [0.25, 0.3) is 0 Å². The van der Waals surface area contributed by atoms with Gasteiger partial charge in [0, 0.05) is 0 Å². The zero-order valence-corrected chi connectivity index (χ0v) is 17.7. The van der Waals surface area contributed by atoms with Crippen molar-refractivity contribution >= 4 is 6.16 Å². The summed E-state index contributed by atoms with van der Waals surface area (Å²) in [6.07, 6.45) is 16.7. The van der Waals surface area contributed by atoms with E-state index in [4.69, 9.17) is 9.47 Å². The Labute approximate surface area is 157 Å². The second-order valence-corrected chi connectivity index (χ2v) is 8.32. The lowest BCUT2D eigenvalue weighted by Crippen LogP contribution is -2.27. The normalized spacial score (nSPS) is 11.8. The topological polar surface area (TPSA) is 35.5 Å². The SMILES string of the molecule is CCCCCCCCC(CCCCCCCC)OC(=O)OC(C)(C)C. The standard InChI is InChI=1S/C22H44O3/c1-6-8-10-12-14-16-18-20(19-17-15-13-11-9-7-2)24-21(23)25-22(3,4)5/h20H,6-19H2,1-5H3. The van der Waals surface area contributed by atoms with Crippen molar-refractivity contribution in [2.75, 3.05) is 0 Å². The summed E-state index contributed by atoms with van der Waals surface area (Å²) in [6.45, 7) is 10.1. The Hall–Kier alpha value is -0.730. The predicted octanol–water partition coefficient (Wildman–Crippen LogP) is 7.81. The molecule has 0 aliphatic carbocycles. The van der Waals surface area contributed by atoms with Crippen LogP contribution in [0.2, 0.25) is 0 Å². The van der Waals surface area contributed by atoms with Crippen LogP contribution in [0.25, 0.3) is 0 Å². The van der Waals surface area contributed by atoms with Crippen LogP contribution in [-0.4, -0.2) is 17.9 Å². The molecule has 0 heterocycles. The van der Waals surface area contributed by atoms with Crippen LogP contribution in [0.5, 0.6) is 0 Å². The van der Waals surface area contributed by atoms with E-state index in [0.29, 0.717) is 0 Å². The first-order chi connectivity index (χ1) is 11.9. The molecule has 0 atom stereocenters. The number of hydrogen-bond acceptors (Lipinski definition) is 3. The summed E-state index contributed by atoms with van der Waals surface area (Å²) < 4.78 is 10.9. The summed E-state index contributed by atoms with van der Waals surface area (Å²) in [4.78, 5) is 12.0. The Morgan fingerprint density at radius 2 is 1.12 bits per heavy atom. The van der Waals surface area contributed by atoms with Crippen LogP contribution >= 0.6 is 0 Å². The molecule has 25 heavy (non-hydrogen) atoms. The molecule has 0 unspecified atom stereocenters. The van der Waals surface area contributed by atoms with E-state index < -0.39 is 11.8 Å². The Kier molecular flexibility index (Phi) is 15.1. The fourth-order valence-electron chi connectivity index (χ4n) is 2.98. The maximum atomic E-state index is 12.0. The summed E-state index contributed by atoms with van der Waals surface area (Å²) in [5.41, 5.74) is -0.484. The third-order valence-corrected chi connectivity index (χ3v) is 4.41. The minimum atomic E-state index is -0.505.